The van der Waals surface area contributed by atoms with Gasteiger partial charge < -0.3 is 14.9 Å². The number of ether oxygens (including phenoxy) is 1. The number of nitrogens with zero attached hydrogens (tertiary/aromatic N) is 4. The maximum absolute atomic E-state index is 13.2. The second-order valence-corrected chi connectivity index (χ2v) is 6.83. The summed E-state index contributed by atoms with van der Waals surface area (Å²) in [7, 11) is 0. The Morgan fingerprint density at radius 1 is 1.21 bits per heavy atom. The zero-order chi connectivity index (χ0) is 20.4. The lowest BCUT2D eigenvalue weighted by atomic mass is 10.1. The molecular formula is C20H18ClN5O3. The third kappa shape index (κ3) is 3.79. The van der Waals surface area contributed by atoms with E-state index in [4.69, 9.17) is 21.2 Å². The SMILES string of the molecule is Cc1cc(C(=O)Nc2c(C)cccc2C2=NOCCO2)n(-c2ncccc2Cl)n1. The van der Waals surface area contributed by atoms with Crippen molar-refractivity contribution in [3.63, 3.8) is 0 Å². The number of aryl methyl sites for hydroxylation is 2. The summed E-state index contributed by atoms with van der Waals surface area (Å²) in [4.78, 5) is 22.5. The van der Waals surface area contributed by atoms with Gasteiger partial charge in [-0.3, -0.25) is 4.79 Å². The molecule has 1 aliphatic heterocycles. The van der Waals surface area contributed by atoms with Crippen LogP contribution in [-0.2, 0) is 9.57 Å². The molecule has 8 nitrogen and oxygen atoms in total. The average Bonchev–Trinajstić information content (AvgIpc) is 3.12. The normalized spacial score (nSPS) is 13.3. The molecule has 29 heavy (non-hydrogen) atoms. The molecular weight excluding hydrogens is 394 g/mol. The summed E-state index contributed by atoms with van der Waals surface area (Å²) in [6.45, 7) is 4.47. The van der Waals surface area contributed by atoms with Crippen LogP contribution in [0.2, 0.25) is 5.02 Å². The Morgan fingerprint density at radius 3 is 2.83 bits per heavy atom. The molecule has 0 unspecified atom stereocenters. The molecule has 0 aliphatic carbocycles. The number of rotatable bonds is 4. The molecule has 1 aromatic carbocycles. The zero-order valence-corrected chi connectivity index (χ0v) is 16.6. The number of oxime groups is 1. The van der Waals surface area contributed by atoms with Crippen molar-refractivity contribution in [2.45, 2.75) is 13.8 Å². The molecule has 0 spiro atoms. The molecule has 1 amide bonds. The van der Waals surface area contributed by atoms with E-state index >= 15 is 0 Å². The van der Waals surface area contributed by atoms with Gasteiger partial charge in [0, 0.05) is 6.20 Å². The first kappa shape index (κ1) is 18.9. The van der Waals surface area contributed by atoms with Crippen molar-refractivity contribution >= 4 is 29.1 Å². The molecule has 0 bridgehead atoms. The number of nitrogens with one attached hydrogen (secondary N) is 1. The molecule has 0 fully saturated rings. The number of carbonyl (C=O) groups excluding carboxylic acids is 1. The van der Waals surface area contributed by atoms with Crippen molar-refractivity contribution in [1.82, 2.24) is 14.8 Å². The topological polar surface area (TPSA) is 90.6 Å². The number of halogens is 1. The van der Waals surface area contributed by atoms with E-state index in [0.29, 0.717) is 52.6 Å². The molecule has 1 aliphatic rings. The third-order valence-electron chi connectivity index (χ3n) is 4.31. The van der Waals surface area contributed by atoms with Crippen molar-refractivity contribution in [2.75, 3.05) is 18.5 Å². The fourth-order valence-corrected chi connectivity index (χ4v) is 3.18. The van der Waals surface area contributed by atoms with Crippen LogP contribution in [0.25, 0.3) is 5.82 Å². The van der Waals surface area contributed by atoms with Crippen LogP contribution in [0.15, 0.2) is 47.8 Å². The van der Waals surface area contributed by atoms with Crippen LogP contribution in [0.4, 0.5) is 5.69 Å². The molecule has 0 atom stereocenters. The Bertz CT molecular complexity index is 1110. The van der Waals surface area contributed by atoms with Crippen LogP contribution in [0.3, 0.4) is 0 Å². The molecule has 1 N–H and O–H groups in total. The monoisotopic (exact) mass is 411 g/mol. The minimum Gasteiger partial charge on any atom is -0.471 e. The van der Waals surface area contributed by atoms with E-state index in [-0.39, 0.29) is 5.91 Å². The summed E-state index contributed by atoms with van der Waals surface area (Å²) >= 11 is 6.26. The van der Waals surface area contributed by atoms with Crippen LogP contribution in [0.5, 0.6) is 0 Å². The second-order valence-electron chi connectivity index (χ2n) is 6.42. The van der Waals surface area contributed by atoms with Gasteiger partial charge in [0.05, 0.1) is 22.0 Å². The van der Waals surface area contributed by atoms with Gasteiger partial charge in [-0.05, 0) is 48.8 Å². The van der Waals surface area contributed by atoms with Gasteiger partial charge in [0.15, 0.2) is 12.4 Å². The van der Waals surface area contributed by atoms with Crippen molar-refractivity contribution < 1.29 is 14.4 Å². The number of hydrogen-bond acceptors (Lipinski definition) is 6. The van der Waals surface area contributed by atoms with Crippen molar-refractivity contribution in [3.05, 3.63) is 70.1 Å². The second kappa shape index (κ2) is 7.92. The van der Waals surface area contributed by atoms with Crippen molar-refractivity contribution in [3.8, 4) is 5.82 Å². The third-order valence-corrected chi connectivity index (χ3v) is 4.60. The van der Waals surface area contributed by atoms with Crippen LogP contribution >= 0.6 is 11.6 Å². The van der Waals surface area contributed by atoms with Gasteiger partial charge in [0.25, 0.3) is 11.8 Å². The molecule has 4 rings (SSSR count). The standard InChI is InChI=1S/C20H18ClN5O3/c1-12-5-3-6-14(20-25-29-10-9-28-20)17(12)23-19(27)16-11-13(2)24-26(16)18-15(21)7-4-8-22-18/h3-8,11H,9-10H2,1-2H3,(H,23,27). The first-order valence-corrected chi connectivity index (χ1v) is 9.34. The highest BCUT2D eigenvalue weighted by Crippen LogP contribution is 2.25. The van der Waals surface area contributed by atoms with E-state index in [1.807, 2.05) is 25.1 Å². The number of hydrogen-bond donors (Lipinski definition) is 1. The van der Waals surface area contributed by atoms with Gasteiger partial charge in [-0.25, -0.2) is 9.67 Å². The summed E-state index contributed by atoms with van der Waals surface area (Å²) in [6.07, 6.45) is 1.60. The number of amides is 1. The Balaban J connectivity index is 1.72. The molecule has 3 aromatic rings. The van der Waals surface area contributed by atoms with Crippen molar-refractivity contribution in [2.24, 2.45) is 5.16 Å². The molecule has 9 heteroatoms. The molecule has 0 saturated heterocycles. The summed E-state index contributed by atoms with van der Waals surface area (Å²) in [5.41, 5.74) is 3.04. The van der Waals surface area contributed by atoms with E-state index in [1.54, 1.807) is 31.3 Å². The maximum atomic E-state index is 13.2. The number of anilines is 1. The predicted octanol–water partition coefficient (Wildman–Crippen LogP) is 3.50. The first-order chi connectivity index (χ1) is 14.0. The van der Waals surface area contributed by atoms with E-state index < -0.39 is 0 Å². The zero-order valence-electron chi connectivity index (χ0n) is 15.8. The minimum atomic E-state index is -0.361. The largest absolute Gasteiger partial charge is 0.471 e. The number of aromatic nitrogens is 3. The molecule has 2 aromatic heterocycles. The van der Waals surface area contributed by atoms with Crippen LogP contribution in [0, 0.1) is 13.8 Å². The fourth-order valence-electron chi connectivity index (χ4n) is 2.98. The number of benzene rings is 1. The maximum Gasteiger partial charge on any atom is 0.274 e. The van der Waals surface area contributed by atoms with Gasteiger partial charge in [-0.2, -0.15) is 5.10 Å². The Kier molecular flexibility index (Phi) is 5.18. The fraction of sp³-hybridized carbons (Fsp3) is 0.200. The molecule has 0 saturated carbocycles. The molecule has 3 heterocycles. The van der Waals surface area contributed by atoms with Crippen LogP contribution in [0.1, 0.15) is 27.3 Å². The summed E-state index contributed by atoms with van der Waals surface area (Å²) in [5.74, 6) is 0.346. The van der Waals surface area contributed by atoms with Gasteiger partial charge >= 0.3 is 0 Å². The Hall–Kier alpha value is -3.39. The lowest BCUT2D eigenvalue weighted by Crippen LogP contribution is -2.22. The van der Waals surface area contributed by atoms with Crippen LogP contribution in [-0.4, -0.2) is 39.8 Å². The lowest BCUT2D eigenvalue weighted by Gasteiger charge is -2.18. The Morgan fingerprint density at radius 2 is 2.07 bits per heavy atom. The first-order valence-electron chi connectivity index (χ1n) is 8.96. The molecule has 148 valence electrons. The predicted molar refractivity (Wildman–Crippen MR) is 109 cm³/mol. The van der Waals surface area contributed by atoms with E-state index in [2.05, 4.69) is 20.6 Å². The van der Waals surface area contributed by atoms with Gasteiger partial charge in [0.2, 0.25) is 0 Å². The number of pyridine rings is 1. The van der Waals surface area contributed by atoms with Crippen LogP contribution < -0.4 is 5.32 Å². The van der Waals surface area contributed by atoms with E-state index in [0.717, 1.165) is 5.56 Å². The smallest absolute Gasteiger partial charge is 0.274 e. The van der Waals surface area contributed by atoms with Gasteiger partial charge in [-0.15, -0.1) is 0 Å². The highest BCUT2D eigenvalue weighted by molar-refractivity contribution is 6.32. The quantitative estimate of drug-likeness (QED) is 0.709. The lowest BCUT2D eigenvalue weighted by molar-refractivity contribution is 0.0656. The summed E-state index contributed by atoms with van der Waals surface area (Å²) < 4.78 is 7.02. The average molecular weight is 412 g/mol. The number of para-hydroxylation sites is 1. The van der Waals surface area contributed by atoms with Crippen molar-refractivity contribution in [1.29, 1.82) is 0 Å². The highest BCUT2D eigenvalue weighted by Gasteiger charge is 2.22. The van der Waals surface area contributed by atoms with E-state index in [1.165, 1.54) is 4.68 Å². The Labute approximate surface area is 172 Å². The van der Waals surface area contributed by atoms with Gasteiger partial charge in [0.1, 0.15) is 12.3 Å². The van der Waals surface area contributed by atoms with Gasteiger partial charge in [-0.1, -0.05) is 23.7 Å². The number of carbonyl (C=O) groups is 1. The highest BCUT2D eigenvalue weighted by atomic mass is 35.5. The minimum absolute atomic E-state index is 0.306. The summed E-state index contributed by atoms with van der Waals surface area (Å²) in [5, 5.41) is 11.7. The molecule has 0 radical (unpaired) electrons. The van der Waals surface area contributed by atoms with E-state index in [9.17, 15) is 4.79 Å². The summed E-state index contributed by atoms with van der Waals surface area (Å²) in [6, 6.07) is 10.7.